The number of carbonyl (C=O) groups is 4. The van der Waals surface area contributed by atoms with E-state index in [2.05, 4.69) is 48.5 Å². The van der Waals surface area contributed by atoms with E-state index < -0.39 is 0 Å². The smallest absolute Gasteiger partial charge is 0.243 e. The largest absolute Gasteiger partial charge is 0.458 e. The van der Waals surface area contributed by atoms with Crippen LogP contribution in [-0.4, -0.2) is 162 Å². The molecule has 5 saturated heterocycles. The molecule has 1 aromatic heterocycles. The lowest BCUT2D eigenvalue weighted by Gasteiger charge is -2.47. The lowest BCUT2D eigenvalue weighted by Crippen LogP contribution is -2.62. The van der Waals surface area contributed by atoms with Crippen LogP contribution in [0.4, 0.5) is 17.3 Å². The number of allylic oxidation sites excluding steroid dienone is 4. The maximum absolute atomic E-state index is 12.2. The van der Waals surface area contributed by atoms with E-state index >= 15 is 0 Å². The van der Waals surface area contributed by atoms with Crippen molar-refractivity contribution in [1.82, 2.24) is 39.8 Å². The van der Waals surface area contributed by atoms with Gasteiger partial charge in [-0.2, -0.15) is 0 Å². The lowest BCUT2D eigenvalue weighted by atomic mass is 10.0. The second-order valence-corrected chi connectivity index (χ2v) is 17.4. The first-order valence-corrected chi connectivity index (χ1v) is 22.8. The molecule has 5 aliphatic rings. The molecule has 5 aliphatic heterocycles. The average molecular weight is 903 g/mol. The number of nitrogens with two attached hydrogens (primary N) is 2. The number of nitrogens with zero attached hydrogens (tertiary/aromatic N) is 8. The number of nitrogens with one attached hydrogen (secondary N) is 2. The minimum absolute atomic E-state index is 0.162. The SMILES string of the molecule is C=C/C=C\C(=C/C)Oc1ccc(C(=N)c2c(N)ncnc2N)cc1.CN(Cc1cc(N2CCN(C3CN(C=O)C3)CC2)ccc1C=O)C1CCC(=O)NC1=O.CN1CC(N2CCCCC2)C1. The molecule has 5 fully saturated rings. The molecule has 2 aromatic carbocycles. The topological polar surface area (TPSA) is 211 Å². The van der Waals surface area contributed by atoms with Gasteiger partial charge < -0.3 is 30.9 Å². The summed E-state index contributed by atoms with van der Waals surface area (Å²) in [5.74, 6) is 1.20. The third-order valence-electron chi connectivity index (χ3n) is 12.8. The number of piperazine rings is 1. The number of anilines is 3. The van der Waals surface area contributed by atoms with E-state index in [1.807, 2.05) is 49.2 Å². The number of carbonyl (C=O) groups excluding carboxylic acids is 4. The van der Waals surface area contributed by atoms with Crippen LogP contribution in [0.15, 0.2) is 85.4 Å². The summed E-state index contributed by atoms with van der Waals surface area (Å²) in [6.07, 6.45) is 15.3. The van der Waals surface area contributed by atoms with Crippen molar-refractivity contribution in [3.8, 4) is 5.75 Å². The highest BCUT2D eigenvalue weighted by Gasteiger charge is 2.34. The lowest BCUT2D eigenvalue weighted by molar-refractivity contribution is -0.137. The molecule has 8 rings (SSSR count). The van der Waals surface area contributed by atoms with Crippen LogP contribution in [0.1, 0.15) is 66.1 Å². The maximum atomic E-state index is 12.2. The Morgan fingerprint density at radius 2 is 1.58 bits per heavy atom. The second-order valence-electron chi connectivity index (χ2n) is 17.4. The first-order valence-electron chi connectivity index (χ1n) is 22.8. The molecule has 17 nitrogen and oxygen atoms in total. The highest BCUT2D eigenvalue weighted by molar-refractivity contribution is 6.16. The van der Waals surface area contributed by atoms with E-state index in [1.165, 1.54) is 51.8 Å². The van der Waals surface area contributed by atoms with Crippen molar-refractivity contribution in [2.24, 2.45) is 0 Å². The number of imide groups is 1. The molecule has 0 aliphatic carbocycles. The highest BCUT2D eigenvalue weighted by Crippen LogP contribution is 2.26. The summed E-state index contributed by atoms with van der Waals surface area (Å²) in [7, 11) is 4.06. The Morgan fingerprint density at radius 3 is 2.17 bits per heavy atom. The molecule has 66 heavy (non-hydrogen) atoms. The molecular weight excluding hydrogens is 837 g/mol. The number of likely N-dealkylation sites (N-methyl/N-ethyl adjacent to an activating group) is 2. The predicted molar refractivity (Wildman–Crippen MR) is 258 cm³/mol. The molecule has 6 heterocycles. The number of hydrogen-bond donors (Lipinski definition) is 4. The summed E-state index contributed by atoms with van der Waals surface area (Å²) in [6.45, 7) is 16.6. The number of nitrogen functional groups attached to an aromatic ring is 2. The molecule has 3 amide bonds. The number of aromatic nitrogens is 2. The van der Waals surface area contributed by atoms with Gasteiger partial charge >= 0.3 is 0 Å². The highest BCUT2D eigenvalue weighted by atomic mass is 16.5. The van der Waals surface area contributed by atoms with E-state index in [9.17, 15) is 19.2 Å². The molecule has 3 aromatic rings. The number of ether oxygens (including phenoxy) is 1. The van der Waals surface area contributed by atoms with E-state index in [0.717, 1.165) is 69.3 Å². The van der Waals surface area contributed by atoms with Crippen LogP contribution in [0.5, 0.6) is 5.75 Å². The normalized spacial score (nSPS) is 20.0. The molecule has 0 saturated carbocycles. The first kappa shape index (κ1) is 49.2. The Kier molecular flexibility index (Phi) is 17.7. The number of piperidine rings is 2. The number of benzene rings is 2. The number of amides is 3. The molecule has 1 atom stereocenters. The van der Waals surface area contributed by atoms with E-state index in [-0.39, 0.29) is 35.2 Å². The van der Waals surface area contributed by atoms with Crippen molar-refractivity contribution in [3.63, 3.8) is 0 Å². The summed E-state index contributed by atoms with van der Waals surface area (Å²) < 4.78 is 5.74. The molecular formula is C49H66N12O5. The fraction of sp³-hybridized carbons (Fsp3) is 0.449. The van der Waals surface area contributed by atoms with Crippen LogP contribution in [0.3, 0.4) is 0 Å². The van der Waals surface area contributed by atoms with Crippen LogP contribution in [0.25, 0.3) is 0 Å². The Balaban J connectivity index is 0.000000181. The molecule has 0 spiro atoms. The van der Waals surface area contributed by atoms with Crippen molar-refractivity contribution in [1.29, 1.82) is 5.41 Å². The van der Waals surface area contributed by atoms with Gasteiger partial charge in [0.2, 0.25) is 18.2 Å². The Bertz CT molecular complexity index is 2200. The van der Waals surface area contributed by atoms with Crippen LogP contribution < -0.4 is 26.4 Å². The maximum Gasteiger partial charge on any atom is 0.243 e. The van der Waals surface area contributed by atoms with Gasteiger partial charge in [0.15, 0.2) is 0 Å². The Hall–Kier alpha value is -6.27. The van der Waals surface area contributed by atoms with Crippen molar-refractivity contribution in [2.75, 3.05) is 95.9 Å². The van der Waals surface area contributed by atoms with Gasteiger partial charge in [0.25, 0.3) is 0 Å². The van der Waals surface area contributed by atoms with E-state index in [0.29, 0.717) is 53.6 Å². The van der Waals surface area contributed by atoms with Crippen molar-refractivity contribution in [3.05, 3.63) is 108 Å². The molecule has 0 bridgehead atoms. The third-order valence-corrected chi connectivity index (χ3v) is 12.8. The van der Waals surface area contributed by atoms with Crippen LogP contribution in [-0.2, 0) is 20.9 Å². The van der Waals surface area contributed by atoms with Gasteiger partial charge in [0.1, 0.15) is 35.8 Å². The minimum atomic E-state index is -0.377. The number of hydrogen-bond acceptors (Lipinski definition) is 15. The van der Waals surface area contributed by atoms with Gasteiger partial charge in [-0.05, 0) is 114 Å². The zero-order valence-corrected chi connectivity index (χ0v) is 38.6. The molecule has 0 radical (unpaired) electrons. The van der Waals surface area contributed by atoms with Gasteiger partial charge in [-0.3, -0.25) is 44.6 Å². The summed E-state index contributed by atoms with van der Waals surface area (Å²) in [5.41, 5.74) is 15.3. The third kappa shape index (κ3) is 13.0. The van der Waals surface area contributed by atoms with E-state index in [4.69, 9.17) is 21.6 Å². The van der Waals surface area contributed by atoms with Crippen molar-refractivity contribution in [2.45, 2.75) is 63.7 Å². The van der Waals surface area contributed by atoms with Gasteiger partial charge in [-0.25, -0.2) is 9.97 Å². The first-order chi connectivity index (χ1) is 31.9. The molecule has 17 heteroatoms. The molecule has 352 valence electrons. The molecule has 1 unspecified atom stereocenters. The zero-order valence-electron chi connectivity index (χ0n) is 38.6. The summed E-state index contributed by atoms with van der Waals surface area (Å²) in [5, 5.41) is 10.7. The monoisotopic (exact) mass is 903 g/mol. The standard InChI is InChI=1S/C22H29N5O4.C18H19N5O.C9H18N2/c1-24(20-4-5-21(30)23-22(20)31)11-17-10-18(3-2-16(17)14-28)26-6-8-27(9-7-26)19-12-25(13-19)15-29;1-3-5-6-13(4-2)24-14-9-7-12(8-10-14)16(19)15-17(20)22-11-23-18(15)21;1-10-7-9(8-10)11-5-3-2-4-6-11/h2-3,10,14-15,19-20H,4-9,11-13H2,1H3,(H,23,30,31);3-11,19H,1H2,2H3,(H4,20,21,22,23);9H,2-8H2,1H3/b;6-5-,13-4+,19-16?;. The minimum Gasteiger partial charge on any atom is -0.458 e. The number of likely N-dealkylation sites (tertiary alicyclic amines) is 3. The predicted octanol–water partition coefficient (Wildman–Crippen LogP) is 3.57. The number of rotatable bonds is 14. The van der Waals surface area contributed by atoms with Crippen LogP contribution >= 0.6 is 0 Å². The van der Waals surface area contributed by atoms with Gasteiger partial charge in [0, 0.05) is 94.2 Å². The summed E-state index contributed by atoms with van der Waals surface area (Å²) in [4.78, 5) is 67.3. The fourth-order valence-electron chi connectivity index (χ4n) is 8.84. The van der Waals surface area contributed by atoms with Crippen molar-refractivity contribution < 1.29 is 23.9 Å². The number of aldehydes is 1. The fourth-order valence-corrected chi connectivity index (χ4v) is 8.84. The van der Waals surface area contributed by atoms with Crippen molar-refractivity contribution >= 4 is 47.5 Å². The van der Waals surface area contributed by atoms with Crippen LogP contribution in [0.2, 0.25) is 0 Å². The summed E-state index contributed by atoms with van der Waals surface area (Å²) in [6, 6.07) is 13.9. The van der Waals surface area contributed by atoms with Gasteiger partial charge in [-0.1, -0.05) is 25.2 Å². The zero-order chi connectivity index (χ0) is 47.2. The van der Waals surface area contributed by atoms with Gasteiger partial charge in [-0.15, -0.1) is 0 Å². The second kappa shape index (κ2) is 23.8. The van der Waals surface area contributed by atoms with Gasteiger partial charge in [0.05, 0.1) is 17.3 Å². The molecule has 6 N–H and O–H groups in total. The Morgan fingerprint density at radius 1 is 0.924 bits per heavy atom. The average Bonchev–Trinajstić information content (AvgIpc) is 3.30. The van der Waals surface area contributed by atoms with Crippen LogP contribution in [0, 0.1) is 5.41 Å². The Labute approximate surface area is 388 Å². The van der Waals surface area contributed by atoms with E-state index in [1.54, 1.807) is 41.3 Å². The summed E-state index contributed by atoms with van der Waals surface area (Å²) >= 11 is 0. The quantitative estimate of drug-likeness (QED) is 0.0600.